The summed E-state index contributed by atoms with van der Waals surface area (Å²) in [5.41, 5.74) is 0.440. The van der Waals surface area contributed by atoms with Crippen molar-refractivity contribution >= 4 is 39.3 Å². The maximum Gasteiger partial charge on any atom is 0.256 e. The summed E-state index contributed by atoms with van der Waals surface area (Å²) in [6, 6.07) is 6.57. The summed E-state index contributed by atoms with van der Waals surface area (Å²) in [5.74, 6) is 0.204. The number of rotatable bonds is 2. The average Bonchev–Trinajstić information content (AvgIpc) is 2.32. The van der Waals surface area contributed by atoms with E-state index in [9.17, 15) is 4.79 Å². The van der Waals surface area contributed by atoms with Crippen LogP contribution in [0.25, 0.3) is 0 Å². The van der Waals surface area contributed by atoms with Gasteiger partial charge in [-0.15, -0.1) is 0 Å². The van der Waals surface area contributed by atoms with E-state index in [1.54, 1.807) is 24.4 Å². The number of pyridine rings is 2. The van der Waals surface area contributed by atoms with Crippen molar-refractivity contribution in [3.05, 3.63) is 51.8 Å². The molecule has 0 aliphatic rings. The van der Waals surface area contributed by atoms with E-state index in [0.717, 1.165) is 4.47 Å². The topological polar surface area (TPSA) is 54.9 Å². The fourth-order valence-corrected chi connectivity index (χ4v) is 1.59. The molecule has 17 heavy (non-hydrogen) atoms. The Balaban J connectivity index is 2.14. The number of carbonyl (C=O) groups is 1. The zero-order valence-electron chi connectivity index (χ0n) is 8.52. The lowest BCUT2D eigenvalue weighted by Gasteiger charge is -2.04. The van der Waals surface area contributed by atoms with E-state index in [2.05, 4.69) is 31.2 Å². The number of anilines is 1. The molecule has 0 fully saturated rings. The van der Waals surface area contributed by atoms with Crippen LogP contribution in [0.3, 0.4) is 0 Å². The molecule has 0 aliphatic carbocycles. The van der Waals surface area contributed by atoms with Gasteiger partial charge in [0.25, 0.3) is 5.91 Å². The molecule has 0 unspecified atom stereocenters. The third-order valence-corrected chi connectivity index (χ3v) is 2.63. The minimum Gasteiger partial charge on any atom is -0.307 e. The average molecular weight is 313 g/mol. The Hall–Kier alpha value is -1.46. The molecule has 0 saturated heterocycles. The molecule has 2 aromatic heterocycles. The van der Waals surface area contributed by atoms with Gasteiger partial charge in [-0.1, -0.05) is 11.6 Å². The van der Waals surface area contributed by atoms with E-state index in [4.69, 9.17) is 11.6 Å². The van der Waals surface area contributed by atoms with Gasteiger partial charge in [0.05, 0.1) is 0 Å². The number of amides is 1. The molecule has 0 bridgehead atoms. The first-order chi connectivity index (χ1) is 8.15. The van der Waals surface area contributed by atoms with Crippen LogP contribution in [-0.4, -0.2) is 15.9 Å². The van der Waals surface area contributed by atoms with Gasteiger partial charge in [0.2, 0.25) is 0 Å². The second-order valence-electron chi connectivity index (χ2n) is 3.18. The standard InChI is InChI=1S/C11H7BrClN3O/c12-8-1-2-10(15-6-8)16-11(17)7-3-4-14-9(13)5-7/h1-6H,(H,15,16,17). The minimum absolute atomic E-state index is 0.274. The molecule has 0 atom stereocenters. The molecule has 0 radical (unpaired) electrons. The lowest BCUT2D eigenvalue weighted by molar-refractivity contribution is 0.102. The monoisotopic (exact) mass is 311 g/mol. The molecule has 1 amide bonds. The van der Waals surface area contributed by atoms with E-state index < -0.39 is 0 Å². The number of halogens is 2. The molecule has 1 N–H and O–H groups in total. The number of hydrogen-bond acceptors (Lipinski definition) is 3. The van der Waals surface area contributed by atoms with E-state index in [1.807, 2.05) is 0 Å². The molecular formula is C11H7BrClN3O. The third-order valence-electron chi connectivity index (χ3n) is 1.96. The minimum atomic E-state index is -0.274. The molecule has 2 rings (SSSR count). The normalized spacial score (nSPS) is 10.0. The van der Waals surface area contributed by atoms with Gasteiger partial charge in [0.15, 0.2) is 0 Å². The van der Waals surface area contributed by atoms with Crippen molar-refractivity contribution in [3.63, 3.8) is 0 Å². The second-order valence-corrected chi connectivity index (χ2v) is 4.49. The van der Waals surface area contributed by atoms with Gasteiger partial charge < -0.3 is 5.32 Å². The van der Waals surface area contributed by atoms with E-state index in [-0.39, 0.29) is 11.1 Å². The van der Waals surface area contributed by atoms with Gasteiger partial charge in [-0.05, 0) is 40.2 Å². The van der Waals surface area contributed by atoms with Crippen LogP contribution in [-0.2, 0) is 0 Å². The first-order valence-electron chi connectivity index (χ1n) is 4.69. The number of aromatic nitrogens is 2. The molecule has 4 nitrogen and oxygen atoms in total. The fourth-order valence-electron chi connectivity index (χ4n) is 1.18. The van der Waals surface area contributed by atoms with Crippen molar-refractivity contribution in [1.82, 2.24) is 9.97 Å². The second kappa shape index (κ2) is 5.25. The Bertz CT molecular complexity index is 545. The lowest BCUT2D eigenvalue weighted by atomic mass is 10.2. The lowest BCUT2D eigenvalue weighted by Crippen LogP contribution is -2.12. The van der Waals surface area contributed by atoms with Crippen LogP contribution >= 0.6 is 27.5 Å². The Kier molecular flexibility index (Phi) is 3.71. The quantitative estimate of drug-likeness (QED) is 0.867. The highest BCUT2D eigenvalue weighted by Crippen LogP contribution is 2.12. The number of carbonyl (C=O) groups excluding carboxylic acids is 1. The summed E-state index contributed by atoms with van der Waals surface area (Å²) in [4.78, 5) is 19.6. The maximum atomic E-state index is 11.8. The van der Waals surface area contributed by atoms with Crippen LogP contribution in [0.15, 0.2) is 41.1 Å². The highest BCUT2D eigenvalue weighted by molar-refractivity contribution is 9.10. The molecule has 0 aromatic carbocycles. The molecule has 2 aromatic rings. The van der Waals surface area contributed by atoms with Crippen molar-refractivity contribution in [2.24, 2.45) is 0 Å². The zero-order chi connectivity index (χ0) is 12.3. The van der Waals surface area contributed by atoms with Gasteiger partial charge in [-0.2, -0.15) is 0 Å². The number of hydrogen-bond donors (Lipinski definition) is 1. The van der Waals surface area contributed by atoms with Crippen LogP contribution in [0.4, 0.5) is 5.82 Å². The Morgan fingerprint density at radius 3 is 2.76 bits per heavy atom. The summed E-state index contributed by atoms with van der Waals surface area (Å²) in [6.07, 6.45) is 3.08. The zero-order valence-corrected chi connectivity index (χ0v) is 10.9. The van der Waals surface area contributed by atoms with Gasteiger partial charge in [0.1, 0.15) is 11.0 Å². The number of nitrogens with zero attached hydrogens (tertiary/aromatic N) is 2. The molecule has 6 heteroatoms. The fraction of sp³-hybridized carbons (Fsp3) is 0. The predicted octanol–water partition coefficient (Wildman–Crippen LogP) is 3.14. The Morgan fingerprint density at radius 2 is 2.12 bits per heavy atom. The van der Waals surface area contributed by atoms with Crippen molar-refractivity contribution < 1.29 is 4.79 Å². The first kappa shape index (κ1) is 12.0. The Labute approximate surface area is 111 Å². The summed E-state index contributed by atoms with van der Waals surface area (Å²) in [6.45, 7) is 0. The van der Waals surface area contributed by atoms with Gasteiger partial charge in [0, 0.05) is 22.4 Å². The molecule has 0 aliphatic heterocycles. The SMILES string of the molecule is O=C(Nc1ccc(Br)cn1)c1ccnc(Cl)c1. The first-order valence-corrected chi connectivity index (χ1v) is 5.87. The van der Waals surface area contributed by atoms with Gasteiger partial charge in [-0.25, -0.2) is 9.97 Å². The van der Waals surface area contributed by atoms with Crippen LogP contribution in [0.5, 0.6) is 0 Å². The maximum absolute atomic E-state index is 11.8. The third kappa shape index (κ3) is 3.25. The molecular weight excluding hydrogens is 305 g/mol. The Morgan fingerprint density at radius 1 is 1.29 bits per heavy atom. The largest absolute Gasteiger partial charge is 0.307 e. The van der Waals surface area contributed by atoms with Crippen LogP contribution < -0.4 is 5.32 Å². The van der Waals surface area contributed by atoms with Crippen LogP contribution in [0.2, 0.25) is 5.15 Å². The molecule has 86 valence electrons. The summed E-state index contributed by atoms with van der Waals surface area (Å²) in [7, 11) is 0. The van der Waals surface area contributed by atoms with Gasteiger partial charge in [-0.3, -0.25) is 4.79 Å². The van der Waals surface area contributed by atoms with E-state index >= 15 is 0 Å². The van der Waals surface area contributed by atoms with Crippen LogP contribution in [0, 0.1) is 0 Å². The summed E-state index contributed by atoms with van der Waals surface area (Å²) in [5, 5.41) is 2.93. The van der Waals surface area contributed by atoms with E-state index in [0.29, 0.717) is 11.4 Å². The molecule has 2 heterocycles. The summed E-state index contributed by atoms with van der Waals surface area (Å²) < 4.78 is 0.849. The van der Waals surface area contributed by atoms with Crippen molar-refractivity contribution in [2.45, 2.75) is 0 Å². The van der Waals surface area contributed by atoms with Crippen molar-refractivity contribution in [3.8, 4) is 0 Å². The smallest absolute Gasteiger partial charge is 0.256 e. The van der Waals surface area contributed by atoms with E-state index in [1.165, 1.54) is 12.3 Å². The van der Waals surface area contributed by atoms with Crippen LogP contribution in [0.1, 0.15) is 10.4 Å². The predicted molar refractivity (Wildman–Crippen MR) is 69.1 cm³/mol. The highest BCUT2D eigenvalue weighted by Gasteiger charge is 2.07. The number of nitrogens with one attached hydrogen (secondary N) is 1. The van der Waals surface area contributed by atoms with Crippen molar-refractivity contribution in [1.29, 1.82) is 0 Å². The van der Waals surface area contributed by atoms with Crippen molar-refractivity contribution in [2.75, 3.05) is 5.32 Å². The molecule has 0 spiro atoms. The molecule has 0 saturated carbocycles. The summed E-state index contributed by atoms with van der Waals surface area (Å²) >= 11 is 8.96. The van der Waals surface area contributed by atoms with Gasteiger partial charge >= 0.3 is 0 Å². The highest BCUT2D eigenvalue weighted by atomic mass is 79.9.